The third-order valence-electron chi connectivity index (χ3n) is 4.65. The number of imidazole rings is 1. The first-order chi connectivity index (χ1) is 12.8. The maximum atomic E-state index is 12.7. The lowest BCUT2D eigenvalue weighted by Crippen LogP contribution is -2.44. The molecule has 3 aromatic rings. The van der Waals surface area contributed by atoms with E-state index in [0.717, 1.165) is 28.7 Å². The predicted octanol–water partition coefficient (Wildman–Crippen LogP) is 2.15. The number of nitrogens with one attached hydrogen (secondary N) is 3. The summed E-state index contributed by atoms with van der Waals surface area (Å²) < 4.78 is 5.44. The van der Waals surface area contributed by atoms with E-state index in [1.807, 2.05) is 48.5 Å². The fourth-order valence-electron chi connectivity index (χ4n) is 3.33. The van der Waals surface area contributed by atoms with Crippen molar-refractivity contribution in [2.75, 3.05) is 19.8 Å². The molecule has 3 N–H and O–H groups in total. The summed E-state index contributed by atoms with van der Waals surface area (Å²) in [4.78, 5) is 20.1. The molecular weight excluding hydrogens is 328 g/mol. The highest BCUT2D eigenvalue weighted by Gasteiger charge is 2.21. The van der Waals surface area contributed by atoms with Gasteiger partial charge < -0.3 is 20.4 Å². The molecule has 0 radical (unpaired) electrons. The van der Waals surface area contributed by atoms with Crippen LogP contribution in [0.2, 0.25) is 0 Å². The van der Waals surface area contributed by atoms with Gasteiger partial charge in [0.05, 0.1) is 36.6 Å². The van der Waals surface area contributed by atoms with Gasteiger partial charge in [-0.3, -0.25) is 4.79 Å². The number of aromatic nitrogens is 2. The molecule has 2 unspecified atom stereocenters. The van der Waals surface area contributed by atoms with Crippen molar-refractivity contribution in [2.24, 2.45) is 0 Å². The summed E-state index contributed by atoms with van der Waals surface area (Å²) in [6.07, 6.45) is 2.08. The van der Waals surface area contributed by atoms with Gasteiger partial charge in [0.1, 0.15) is 0 Å². The standard InChI is InChI=1S/C20H22N4O2/c25-19(11-16-12-26-9-8-21-16)24-20(14-4-2-1-3-5-14)15-6-7-17-18(10-15)23-13-22-17/h1-7,10,13,16,20-21H,8-9,11-12H2,(H,22,23)(H,24,25). The van der Waals surface area contributed by atoms with Crippen LogP contribution < -0.4 is 10.6 Å². The molecule has 0 saturated carbocycles. The van der Waals surface area contributed by atoms with Crippen LogP contribution in [0.1, 0.15) is 23.6 Å². The first-order valence-corrected chi connectivity index (χ1v) is 8.88. The van der Waals surface area contributed by atoms with E-state index in [9.17, 15) is 4.79 Å². The lowest BCUT2D eigenvalue weighted by Gasteiger charge is -2.25. The summed E-state index contributed by atoms with van der Waals surface area (Å²) in [6.45, 7) is 2.06. The second-order valence-corrected chi connectivity index (χ2v) is 6.52. The number of ether oxygens (including phenoxy) is 1. The molecule has 6 nitrogen and oxygen atoms in total. The highest BCUT2D eigenvalue weighted by molar-refractivity contribution is 5.79. The number of hydrogen-bond donors (Lipinski definition) is 3. The monoisotopic (exact) mass is 350 g/mol. The van der Waals surface area contributed by atoms with Crippen LogP contribution in [0.25, 0.3) is 11.0 Å². The minimum Gasteiger partial charge on any atom is -0.378 e. The van der Waals surface area contributed by atoms with E-state index in [4.69, 9.17) is 4.74 Å². The van der Waals surface area contributed by atoms with Crippen molar-refractivity contribution >= 4 is 16.9 Å². The summed E-state index contributed by atoms with van der Waals surface area (Å²) >= 11 is 0. The number of H-pyrrole nitrogens is 1. The zero-order valence-electron chi connectivity index (χ0n) is 14.4. The van der Waals surface area contributed by atoms with Crippen LogP contribution in [0, 0.1) is 0 Å². The van der Waals surface area contributed by atoms with Gasteiger partial charge in [0.2, 0.25) is 5.91 Å². The van der Waals surface area contributed by atoms with Crippen molar-refractivity contribution in [3.8, 4) is 0 Å². The van der Waals surface area contributed by atoms with Crippen LogP contribution in [0.15, 0.2) is 54.9 Å². The third-order valence-corrected chi connectivity index (χ3v) is 4.65. The molecule has 2 aromatic carbocycles. The lowest BCUT2D eigenvalue weighted by atomic mass is 9.97. The molecule has 2 atom stereocenters. The molecule has 4 rings (SSSR count). The molecule has 0 spiro atoms. The Hall–Kier alpha value is -2.70. The van der Waals surface area contributed by atoms with E-state index in [1.165, 1.54) is 0 Å². The number of fused-ring (bicyclic) bond motifs is 1. The van der Waals surface area contributed by atoms with Crippen LogP contribution in [-0.4, -0.2) is 41.7 Å². The molecule has 1 aliphatic rings. The zero-order chi connectivity index (χ0) is 17.8. The van der Waals surface area contributed by atoms with Crippen LogP contribution in [-0.2, 0) is 9.53 Å². The summed E-state index contributed by atoms with van der Waals surface area (Å²) in [5, 5.41) is 6.51. The second kappa shape index (κ2) is 7.68. The van der Waals surface area contributed by atoms with Gasteiger partial charge in [-0.1, -0.05) is 36.4 Å². The van der Waals surface area contributed by atoms with Gasteiger partial charge in [-0.15, -0.1) is 0 Å². The molecule has 1 aliphatic heterocycles. The maximum absolute atomic E-state index is 12.7. The molecule has 1 amide bonds. The molecule has 26 heavy (non-hydrogen) atoms. The zero-order valence-corrected chi connectivity index (χ0v) is 14.4. The number of carbonyl (C=O) groups excluding carboxylic acids is 1. The summed E-state index contributed by atoms with van der Waals surface area (Å²) in [6, 6.07) is 15.9. The number of nitrogens with zero attached hydrogens (tertiary/aromatic N) is 1. The second-order valence-electron chi connectivity index (χ2n) is 6.52. The Labute approximate surface area is 152 Å². The van der Waals surface area contributed by atoms with E-state index in [2.05, 4.69) is 20.6 Å². The van der Waals surface area contributed by atoms with Crippen LogP contribution in [0.5, 0.6) is 0 Å². The quantitative estimate of drug-likeness (QED) is 0.659. The first-order valence-electron chi connectivity index (χ1n) is 8.88. The molecule has 6 heteroatoms. The number of carbonyl (C=O) groups is 1. The minimum atomic E-state index is -0.207. The van der Waals surface area contributed by atoms with Gasteiger partial charge in [0.15, 0.2) is 0 Å². The van der Waals surface area contributed by atoms with E-state index in [0.29, 0.717) is 19.6 Å². The van der Waals surface area contributed by atoms with Crippen molar-refractivity contribution in [2.45, 2.75) is 18.5 Å². The SMILES string of the molecule is O=C(CC1COCCN1)NC(c1ccccc1)c1ccc2nc[nH]c2c1. The Bertz CT molecular complexity index is 872. The molecule has 1 aromatic heterocycles. The maximum Gasteiger partial charge on any atom is 0.222 e. The van der Waals surface area contributed by atoms with Crippen molar-refractivity contribution in [3.63, 3.8) is 0 Å². The van der Waals surface area contributed by atoms with Crippen LogP contribution >= 0.6 is 0 Å². The summed E-state index contributed by atoms with van der Waals surface area (Å²) in [5.41, 5.74) is 3.94. The minimum absolute atomic E-state index is 0.00607. The number of benzene rings is 2. The topological polar surface area (TPSA) is 79.0 Å². The highest BCUT2D eigenvalue weighted by Crippen LogP contribution is 2.24. The lowest BCUT2D eigenvalue weighted by molar-refractivity contribution is -0.122. The number of aromatic amines is 1. The Morgan fingerprint density at radius 3 is 2.92 bits per heavy atom. The Balaban J connectivity index is 1.57. The van der Waals surface area contributed by atoms with Crippen molar-refractivity contribution < 1.29 is 9.53 Å². The Morgan fingerprint density at radius 1 is 1.23 bits per heavy atom. The van der Waals surface area contributed by atoms with Gasteiger partial charge in [0.25, 0.3) is 0 Å². The number of rotatable bonds is 5. The number of amides is 1. The smallest absolute Gasteiger partial charge is 0.222 e. The molecule has 1 fully saturated rings. The largest absolute Gasteiger partial charge is 0.378 e. The molecule has 0 aliphatic carbocycles. The number of morpholine rings is 1. The number of hydrogen-bond acceptors (Lipinski definition) is 4. The molecule has 2 heterocycles. The fourth-order valence-corrected chi connectivity index (χ4v) is 3.33. The van der Waals surface area contributed by atoms with E-state index >= 15 is 0 Å². The third kappa shape index (κ3) is 3.76. The van der Waals surface area contributed by atoms with Crippen molar-refractivity contribution in [1.29, 1.82) is 0 Å². The van der Waals surface area contributed by atoms with E-state index in [-0.39, 0.29) is 18.0 Å². The predicted molar refractivity (Wildman–Crippen MR) is 99.7 cm³/mol. The van der Waals surface area contributed by atoms with Crippen molar-refractivity contribution in [3.05, 3.63) is 66.0 Å². The molecule has 134 valence electrons. The van der Waals surface area contributed by atoms with Gasteiger partial charge in [-0.2, -0.15) is 0 Å². The first kappa shape index (κ1) is 16.8. The van der Waals surface area contributed by atoms with Gasteiger partial charge in [0, 0.05) is 19.0 Å². The fraction of sp³-hybridized carbons (Fsp3) is 0.300. The van der Waals surface area contributed by atoms with Gasteiger partial charge in [-0.25, -0.2) is 4.98 Å². The van der Waals surface area contributed by atoms with Gasteiger partial charge in [-0.05, 0) is 23.3 Å². The van der Waals surface area contributed by atoms with E-state index in [1.54, 1.807) is 6.33 Å². The van der Waals surface area contributed by atoms with Gasteiger partial charge >= 0.3 is 0 Å². The Morgan fingerprint density at radius 2 is 2.12 bits per heavy atom. The molecule has 0 bridgehead atoms. The molecular formula is C20H22N4O2. The Kier molecular flexibility index (Phi) is 4.95. The van der Waals surface area contributed by atoms with E-state index < -0.39 is 0 Å². The average molecular weight is 350 g/mol. The summed E-state index contributed by atoms with van der Waals surface area (Å²) in [5.74, 6) is 0.00607. The average Bonchev–Trinajstić information content (AvgIpc) is 3.15. The molecule has 1 saturated heterocycles. The normalized spacial score (nSPS) is 18.5. The van der Waals surface area contributed by atoms with Crippen LogP contribution in [0.3, 0.4) is 0 Å². The highest BCUT2D eigenvalue weighted by atomic mass is 16.5. The van der Waals surface area contributed by atoms with Crippen molar-refractivity contribution in [1.82, 2.24) is 20.6 Å². The van der Waals surface area contributed by atoms with Crippen LogP contribution in [0.4, 0.5) is 0 Å². The summed E-state index contributed by atoms with van der Waals surface area (Å²) in [7, 11) is 0.